The van der Waals surface area contributed by atoms with E-state index in [-0.39, 0.29) is 22.3 Å². The van der Waals surface area contributed by atoms with Crippen molar-refractivity contribution in [2.24, 2.45) is 0 Å². The summed E-state index contributed by atoms with van der Waals surface area (Å²) in [6.07, 6.45) is 1.71. The molecule has 1 aliphatic heterocycles. The van der Waals surface area contributed by atoms with Gasteiger partial charge in [0.05, 0.1) is 29.2 Å². The quantitative estimate of drug-likeness (QED) is 0.206. The van der Waals surface area contributed by atoms with Crippen molar-refractivity contribution in [3.8, 4) is 0 Å². The fraction of sp³-hybridized carbons (Fsp3) is 0.179. The van der Waals surface area contributed by atoms with Gasteiger partial charge >= 0.3 is 5.97 Å². The molecule has 0 radical (unpaired) electrons. The van der Waals surface area contributed by atoms with Crippen LogP contribution >= 0.6 is 23.2 Å². The number of ether oxygens (including phenoxy) is 1. The third-order valence-electron chi connectivity index (χ3n) is 6.13. The second-order valence-corrected chi connectivity index (χ2v) is 9.35. The Morgan fingerprint density at radius 1 is 0.972 bits per heavy atom. The number of benzene rings is 3. The second kappa shape index (κ2) is 9.80. The molecule has 0 bridgehead atoms. The summed E-state index contributed by atoms with van der Waals surface area (Å²) in [4.78, 5) is 41.1. The number of carbonyl (C=O) groups is 2. The highest BCUT2D eigenvalue weighted by atomic mass is 35.5. The molecule has 182 valence electrons. The fourth-order valence-corrected chi connectivity index (χ4v) is 4.62. The molecule has 1 aromatic heterocycles. The van der Waals surface area contributed by atoms with E-state index >= 15 is 0 Å². The average Bonchev–Trinajstić information content (AvgIpc) is 3.17. The van der Waals surface area contributed by atoms with E-state index in [0.29, 0.717) is 38.9 Å². The molecule has 2 heterocycles. The molecule has 5 rings (SSSR count). The molecule has 36 heavy (non-hydrogen) atoms. The molecule has 1 atom stereocenters. The summed E-state index contributed by atoms with van der Waals surface area (Å²) in [5, 5.41) is 1.21. The van der Waals surface area contributed by atoms with Crippen molar-refractivity contribution in [3.05, 3.63) is 109 Å². The van der Waals surface area contributed by atoms with Gasteiger partial charge in [-0.05, 0) is 66.6 Å². The van der Waals surface area contributed by atoms with Crippen molar-refractivity contribution >= 4 is 51.7 Å². The Bertz CT molecular complexity index is 1530. The topological polar surface area (TPSA) is 76.8 Å². The lowest BCUT2D eigenvalue weighted by molar-refractivity contribution is 0.0499. The normalized spacial score (nSPS) is 14.8. The number of carbonyl (C=O) groups excluding carboxylic acids is 2. The van der Waals surface area contributed by atoms with Gasteiger partial charge < -0.3 is 9.15 Å². The maximum Gasteiger partial charge on any atom is 0.338 e. The van der Waals surface area contributed by atoms with Crippen molar-refractivity contribution in [1.82, 2.24) is 0 Å². The van der Waals surface area contributed by atoms with Gasteiger partial charge in [0.25, 0.3) is 5.91 Å². The maximum absolute atomic E-state index is 13.7. The van der Waals surface area contributed by atoms with Crippen LogP contribution in [0.5, 0.6) is 0 Å². The third kappa shape index (κ3) is 4.27. The first kappa shape index (κ1) is 24.1. The van der Waals surface area contributed by atoms with Gasteiger partial charge in [-0.2, -0.15) is 0 Å². The molecule has 6 nitrogen and oxygen atoms in total. The highest BCUT2D eigenvalue weighted by Gasteiger charge is 2.43. The van der Waals surface area contributed by atoms with Gasteiger partial charge in [0.2, 0.25) is 5.76 Å². The maximum atomic E-state index is 13.7. The van der Waals surface area contributed by atoms with E-state index in [1.165, 1.54) is 11.0 Å². The van der Waals surface area contributed by atoms with Gasteiger partial charge in [0.1, 0.15) is 5.58 Å². The molecule has 0 spiro atoms. The molecule has 0 saturated heterocycles. The van der Waals surface area contributed by atoms with E-state index < -0.39 is 17.9 Å². The van der Waals surface area contributed by atoms with Crippen LogP contribution in [0, 0.1) is 0 Å². The van der Waals surface area contributed by atoms with Crippen molar-refractivity contribution < 1.29 is 18.7 Å². The van der Waals surface area contributed by atoms with E-state index in [4.69, 9.17) is 32.4 Å². The zero-order chi connectivity index (χ0) is 25.4. The Hall–Kier alpha value is -3.61. The van der Waals surface area contributed by atoms with Crippen molar-refractivity contribution in [2.75, 3.05) is 11.5 Å². The van der Waals surface area contributed by atoms with Crippen molar-refractivity contribution in [3.63, 3.8) is 0 Å². The van der Waals surface area contributed by atoms with Gasteiger partial charge in [0.15, 0.2) is 5.43 Å². The molecule has 1 unspecified atom stereocenters. The summed E-state index contributed by atoms with van der Waals surface area (Å²) in [6, 6.07) is 17.4. The summed E-state index contributed by atoms with van der Waals surface area (Å²) in [7, 11) is 0. The first-order valence-corrected chi connectivity index (χ1v) is 12.3. The number of nitrogens with zero attached hydrogens (tertiary/aromatic N) is 1. The Kier molecular flexibility index (Phi) is 6.56. The van der Waals surface area contributed by atoms with Crippen LogP contribution in [0.1, 0.15) is 57.8 Å². The molecule has 4 aromatic rings. The van der Waals surface area contributed by atoms with Gasteiger partial charge in [-0.15, -0.1) is 0 Å². The Morgan fingerprint density at radius 2 is 1.67 bits per heavy atom. The van der Waals surface area contributed by atoms with Gasteiger partial charge in [-0.1, -0.05) is 48.7 Å². The van der Waals surface area contributed by atoms with Gasteiger partial charge in [-0.3, -0.25) is 14.5 Å². The number of fused-ring (bicyclic) bond motifs is 2. The standard InChI is InChI=1S/C28H21Cl2NO5/c1-2-3-14-35-28(34)17-6-11-20(12-7-17)31-24(16-4-8-18(29)9-5-16)23-25(32)21-15-19(30)10-13-22(21)36-26(23)27(31)33/h4-13,15,24H,2-3,14H2,1H3. The average molecular weight is 522 g/mol. The number of rotatable bonds is 6. The third-order valence-corrected chi connectivity index (χ3v) is 6.62. The number of hydrogen-bond donors (Lipinski definition) is 0. The number of hydrogen-bond acceptors (Lipinski definition) is 5. The molecule has 0 fully saturated rings. The summed E-state index contributed by atoms with van der Waals surface area (Å²) in [6.45, 7) is 2.36. The van der Waals surface area contributed by atoms with Gasteiger partial charge in [-0.25, -0.2) is 4.79 Å². The number of esters is 1. The van der Waals surface area contributed by atoms with E-state index in [0.717, 1.165) is 12.8 Å². The van der Waals surface area contributed by atoms with Crippen LogP contribution in [0.4, 0.5) is 5.69 Å². The summed E-state index contributed by atoms with van der Waals surface area (Å²) >= 11 is 12.2. The van der Waals surface area contributed by atoms with Crippen LogP contribution < -0.4 is 10.3 Å². The summed E-state index contributed by atoms with van der Waals surface area (Å²) < 4.78 is 11.2. The molecular formula is C28H21Cl2NO5. The first-order chi connectivity index (χ1) is 17.4. The van der Waals surface area contributed by atoms with Crippen LogP contribution in [-0.2, 0) is 4.74 Å². The second-order valence-electron chi connectivity index (χ2n) is 8.48. The highest BCUT2D eigenvalue weighted by Crippen LogP contribution is 2.41. The number of unbranched alkanes of at least 4 members (excludes halogenated alkanes) is 1. The number of amides is 1. The predicted molar refractivity (Wildman–Crippen MR) is 139 cm³/mol. The summed E-state index contributed by atoms with van der Waals surface area (Å²) in [5.41, 5.74) is 1.72. The Labute approximate surface area is 217 Å². The van der Waals surface area contributed by atoms with Crippen LogP contribution in [-0.4, -0.2) is 18.5 Å². The number of halogens is 2. The smallest absolute Gasteiger partial charge is 0.338 e. The minimum absolute atomic E-state index is 0.0298. The van der Waals surface area contributed by atoms with Crippen molar-refractivity contribution in [1.29, 1.82) is 0 Å². The highest BCUT2D eigenvalue weighted by molar-refractivity contribution is 6.31. The minimum atomic E-state index is -0.758. The van der Waals surface area contributed by atoms with Gasteiger partial charge in [0, 0.05) is 15.7 Å². The lowest BCUT2D eigenvalue weighted by Gasteiger charge is -2.25. The molecular weight excluding hydrogens is 501 g/mol. The lowest BCUT2D eigenvalue weighted by Crippen LogP contribution is -2.29. The molecule has 0 saturated carbocycles. The monoisotopic (exact) mass is 521 g/mol. The van der Waals surface area contributed by atoms with Crippen LogP contribution in [0.15, 0.2) is 75.9 Å². The largest absolute Gasteiger partial charge is 0.462 e. The Balaban J connectivity index is 1.62. The molecule has 1 amide bonds. The fourth-order valence-electron chi connectivity index (χ4n) is 4.32. The summed E-state index contributed by atoms with van der Waals surface area (Å²) in [5.74, 6) is -0.921. The Morgan fingerprint density at radius 3 is 2.36 bits per heavy atom. The van der Waals surface area contributed by atoms with E-state index in [1.54, 1.807) is 60.7 Å². The van der Waals surface area contributed by atoms with Crippen LogP contribution in [0.2, 0.25) is 10.0 Å². The van der Waals surface area contributed by atoms with E-state index in [1.807, 2.05) is 6.92 Å². The van der Waals surface area contributed by atoms with E-state index in [2.05, 4.69) is 0 Å². The molecule has 8 heteroatoms. The number of anilines is 1. The lowest BCUT2D eigenvalue weighted by atomic mass is 9.98. The molecule has 0 N–H and O–H groups in total. The zero-order valence-electron chi connectivity index (χ0n) is 19.3. The molecule has 0 aliphatic carbocycles. The van der Waals surface area contributed by atoms with Crippen LogP contribution in [0.3, 0.4) is 0 Å². The minimum Gasteiger partial charge on any atom is -0.462 e. The molecule has 3 aromatic carbocycles. The molecule has 1 aliphatic rings. The van der Waals surface area contributed by atoms with E-state index in [9.17, 15) is 14.4 Å². The first-order valence-electron chi connectivity index (χ1n) is 11.5. The van der Waals surface area contributed by atoms with Crippen molar-refractivity contribution in [2.45, 2.75) is 25.8 Å². The SMILES string of the molecule is CCCCOC(=O)c1ccc(N2C(=O)c3oc4ccc(Cl)cc4c(=O)c3C2c2ccc(Cl)cc2)cc1. The predicted octanol–water partition coefficient (Wildman–Crippen LogP) is 6.81. The van der Waals surface area contributed by atoms with Crippen LogP contribution in [0.25, 0.3) is 11.0 Å². The zero-order valence-corrected chi connectivity index (χ0v) is 20.8.